The van der Waals surface area contributed by atoms with Crippen LogP contribution in [0.5, 0.6) is 5.75 Å². The Morgan fingerprint density at radius 2 is 1.75 bits per heavy atom. The molecule has 1 aromatic rings. The lowest BCUT2D eigenvalue weighted by molar-refractivity contribution is -0.384. The molecule has 2 N–H and O–H groups in total. The summed E-state index contributed by atoms with van der Waals surface area (Å²) in [6.07, 6.45) is -0.481. The second kappa shape index (κ2) is 12.0. The number of rotatable bonds is 12. The maximum Gasteiger partial charge on any atom is 0.407 e. The molecule has 0 bridgehead atoms. The highest BCUT2D eigenvalue weighted by molar-refractivity contribution is 5.67. The SMILES string of the molecule is COc1ccc([N+](=O)[O-])c(NCCOCCOCCNC(=O)OC(C)(C)C)c1. The van der Waals surface area contributed by atoms with E-state index < -0.39 is 16.6 Å². The number of nitrogens with one attached hydrogen (secondary N) is 2. The van der Waals surface area contributed by atoms with Crippen LogP contribution in [0.3, 0.4) is 0 Å². The van der Waals surface area contributed by atoms with Crippen LogP contribution < -0.4 is 15.4 Å². The van der Waals surface area contributed by atoms with Gasteiger partial charge in [-0.05, 0) is 26.8 Å². The number of nitro benzene ring substituents is 1. The fourth-order valence-corrected chi connectivity index (χ4v) is 2.06. The van der Waals surface area contributed by atoms with Crippen molar-refractivity contribution in [1.29, 1.82) is 0 Å². The lowest BCUT2D eigenvalue weighted by atomic mass is 10.2. The summed E-state index contributed by atoms with van der Waals surface area (Å²) in [5.41, 5.74) is -0.183. The Kier molecular flexibility index (Phi) is 10.0. The molecule has 0 radical (unpaired) electrons. The van der Waals surface area contributed by atoms with E-state index in [2.05, 4.69) is 10.6 Å². The molecule has 1 rings (SSSR count). The third kappa shape index (κ3) is 9.93. The summed E-state index contributed by atoms with van der Waals surface area (Å²) in [5, 5.41) is 16.6. The van der Waals surface area contributed by atoms with Gasteiger partial charge in [0.1, 0.15) is 17.0 Å². The molecule has 28 heavy (non-hydrogen) atoms. The summed E-state index contributed by atoms with van der Waals surface area (Å²) in [5.74, 6) is 0.530. The smallest absolute Gasteiger partial charge is 0.407 e. The van der Waals surface area contributed by atoms with Crippen LogP contribution in [0.4, 0.5) is 16.2 Å². The minimum absolute atomic E-state index is 0.0263. The van der Waals surface area contributed by atoms with Gasteiger partial charge < -0.3 is 29.6 Å². The molecule has 0 unspecified atom stereocenters. The van der Waals surface area contributed by atoms with Crippen LogP contribution in [0.15, 0.2) is 18.2 Å². The molecule has 0 saturated heterocycles. The Balaban J connectivity index is 2.11. The molecule has 0 fully saturated rings. The third-order valence-electron chi connectivity index (χ3n) is 3.25. The van der Waals surface area contributed by atoms with E-state index in [-0.39, 0.29) is 5.69 Å². The van der Waals surface area contributed by atoms with Gasteiger partial charge in [0.15, 0.2) is 0 Å². The molecular formula is C18H29N3O7. The van der Waals surface area contributed by atoms with Crippen molar-refractivity contribution >= 4 is 17.5 Å². The predicted molar refractivity (Wildman–Crippen MR) is 104 cm³/mol. The molecule has 10 nitrogen and oxygen atoms in total. The summed E-state index contributed by atoms with van der Waals surface area (Å²) in [4.78, 5) is 22.0. The highest BCUT2D eigenvalue weighted by atomic mass is 16.6. The van der Waals surface area contributed by atoms with Gasteiger partial charge in [-0.25, -0.2) is 4.79 Å². The fraction of sp³-hybridized carbons (Fsp3) is 0.611. The number of ether oxygens (including phenoxy) is 4. The number of carbonyl (C=O) groups excluding carboxylic acids is 1. The first kappa shape index (κ1) is 23.4. The summed E-state index contributed by atoms with van der Waals surface area (Å²) in [7, 11) is 1.50. The second-order valence-electron chi connectivity index (χ2n) is 6.72. The van der Waals surface area contributed by atoms with E-state index in [0.29, 0.717) is 51.0 Å². The van der Waals surface area contributed by atoms with Crippen LogP contribution in [-0.2, 0) is 14.2 Å². The summed E-state index contributed by atoms with van der Waals surface area (Å²) in [6, 6.07) is 4.49. The summed E-state index contributed by atoms with van der Waals surface area (Å²) >= 11 is 0. The first-order valence-corrected chi connectivity index (χ1v) is 8.91. The Bertz CT molecular complexity index is 632. The van der Waals surface area contributed by atoms with Gasteiger partial charge in [0.2, 0.25) is 0 Å². The van der Waals surface area contributed by atoms with Gasteiger partial charge in [-0.2, -0.15) is 0 Å². The standard InChI is InChI=1S/C18H29N3O7/c1-18(2,3)28-17(22)20-8-10-27-12-11-26-9-7-19-15-13-14(25-4)5-6-16(15)21(23)24/h5-6,13,19H,7-12H2,1-4H3,(H,20,22). The lowest BCUT2D eigenvalue weighted by Gasteiger charge is -2.19. The molecule has 0 saturated carbocycles. The van der Waals surface area contributed by atoms with Gasteiger partial charge in [0, 0.05) is 25.2 Å². The molecule has 1 aromatic carbocycles. The highest BCUT2D eigenvalue weighted by Gasteiger charge is 2.15. The van der Waals surface area contributed by atoms with Crippen molar-refractivity contribution < 1.29 is 28.7 Å². The van der Waals surface area contributed by atoms with E-state index in [1.807, 2.05) is 0 Å². The molecule has 0 spiro atoms. The van der Waals surface area contributed by atoms with Crippen molar-refractivity contribution in [3.8, 4) is 5.75 Å². The van der Waals surface area contributed by atoms with Gasteiger partial charge in [-0.1, -0.05) is 0 Å². The molecule has 0 atom stereocenters. The number of hydrogen-bond donors (Lipinski definition) is 2. The number of carbonyl (C=O) groups is 1. The van der Waals surface area contributed by atoms with Crippen molar-refractivity contribution in [2.45, 2.75) is 26.4 Å². The van der Waals surface area contributed by atoms with E-state index in [9.17, 15) is 14.9 Å². The largest absolute Gasteiger partial charge is 0.497 e. The number of nitro groups is 1. The van der Waals surface area contributed by atoms with Gasteiger partial charge in [-0.3, -0.25) is 10.1 Å². The van der Waals surface area contributed by atoms with Crippen molar-refractivity contribution in [3.63, 3.8) is 0 Å². The van der Waals surface area contributed by atoms with Gasteiger partial charge in [-0.15, -0.1) is 0 Å². The molecular weight excluding hydrogens is 370 g/mol. The topological polar surface area (TPSA) is 121 Å². The van der Waals surface area contributed by atoms with Crippen LogP contribution in [0.1, 0.15) is 20.8 Å². The van der Waals surface area contributed by atoms with Crippen molar-refractivity contribution in [2.24, 2.45) is 0 Å². The number of amides is 1. The third-order valence-corrected chi connectivity index (χ3v) is 3.25. The number of anilines is 1. The van der Waals surface area contributed by atoms with Crippen LogP contribution >= 0.6 is 0 Å². The zero-order chi connectivity index (χ0) is 21.0. The zero-order valence-electron chi connectivity index (χ0n) is 16.8. The number of benzene rings is 1. The van der Waals surface area contributed by atoms with Crippen LogP contribution in [-0.4, -0.2) is 63.2 Å². The molecule has 158 valence electrons. The van der Waals surface area contributed by atoms with E-state index in [0.717, 1.165) is 0 Å². The number of nitrogens with zero attached hydrogens (tertiary/aromatic N) is 1. The first-order chi connectivity index (χ1) is 13.2. The number of alkyl carbamates (subject to hydrolysis) is 1. The Morgan fingerprint density at radius 3 is 2.32 bits per heavy atom. The normalized spacial score (nSPS) is 11.0. The first-order valence-electron chi connectivity index (χ1n) is 8.91. The minimum atomic E-state index is -0.530. The van der Waals surface area contributed by atoms with Gasteiger partial charge >= 0.3 is 6.09 Å². The van der Waals surface area contributed by atoms with E-state index >= 15 is 0 Å². The number of hydrogen-bond acceptors (Lipinski definition) is 8. The number of methoxy groups -OCH3 is 1. The zero-order valence-corrected chi connectivity index (χ0v) is 16.8. The molecule has 0 aliphatic carbocycles. The second-order valence-corrected chi connectivity index (χ2v) is 6.72. The fourth-order valence-electron chi connectivity index (χ4n) is 2.06. The monoisotopic (exact) mass is 399 g/mol. The molecule has 0 aliphatic rings. The minimum Gasteiger partial charge on any atom is -0.497 e. The average Bonchev–Trinajstić information content (AvgIpc) is 2.61. The molecule has 0 aromatic heterocycles. The van der Waals surface area contributed by atoms with E-state index in [1.165, 1.54) is 19.2 Å². The molecule has 0 aliphatic heterocycles. The predicted octanol–water partition coefficient (Wildman–Crippen LogP) is 2.57. The van der Waals surface area contributed by atoms with Crippen LogP contribution in [0.2, 0.25) is 0 Å². The van der Waals surface area contributed by atoms with E-state index in [4.69, 9.17) is 18.9 Å². The van der Waals surface area contributed by atoms with Crippen molar-refractivity contribution in [1.82, 2.24) is 5.32 Å². The maximum atomic E-state index is 11.4. The quantitative estimate of drug-likeness (QED) is 0.312. The van der Waals surface area contributed by atoms with E-state index in [1.54, 1.807) is 26.8 Å². The van der Waals surface area contributed by atoms with Gasteiger partial charge in [0.05, 0.1) is 38.5 Å². The Hall–Kier alpha value is -2.59. The van der Waals surface area contributed by atoms with Crippen LogP contribution in [0, 0.1) is 10.1 Å². The lowest BCUT2D eigenvalue weighted by Crippen LogP contribution is -2.34. The van der Waals surface area contributed by atoms with Gasteiger partial charge in [0.25, 0.3) is 5.69 Å². The molecule has 10 heteroatoms. The highest BCUT2D eigenvalue weighted by Crippen LogP contribution is 2.28. The summed E-state index contributed by atoms with van der Waals surface area (Å²) in [6.45, 7) is 7.56. The summed E-state index contributed by atoms with van der Waals surface area (Å²) < 4.78 is 20.9. The average molecular weight is 399 g/mol. The van der Waals surface area contributed by atoms with Crippen molar-refractivity contribution in [2.75, 3.05) is 51.9 Å². The Labute approximate surface area is 164 Å². The molecule has 1 amide bonds. The Morgan fingerprint density at radius 1 is 1.11 bits per heavy atom. The molecule has 0 heterocycles. The maximum absolute atomic E-state index is 11.4. The van der Waals surface area contributed by atoms with Crippen LogP contribution in [0.25, 0.3) is 0 Å². The van der Waals surface area contributed by atoms with Crippen molar-refractivity contribution in [3.05, 3.63) is 28.3 Å².